The van der Waals surface area contributed by atoms with Crippen molar-refractivity contribution in [2.75, 3.05) is 18.5 Å². The number of carbonyl (C=O) groups is 2. The molecule has 2 N–H and O–H groups in total. The predicted octanol–water partition coefficient (Wildman–Crippen LogP) is 2.51. The summed E-state index contributed by atoms with van der Waals surface area (Å²) in [5.41, 5.74) is 1.61. The Morgan fingerprint density at radius 3 is 2.50 bits per heavy atom. The van der Waals surface area contributed by atoms with Gasteiger partial charge in [-0.25, -0.2) is 13.1 Å². The SMILES string of the molecule is C=CCNS(=O)(=O)Cc1ccc(NC(=O)COc2cccc(C(C)=O)c2)cc1. The molecule has 0 saturated heterocycles. The number of hydrogen-bond acceptors (Lipinski definition) is 5. The van der Waals surface area contributed by atoms with Crippen molar-refractivity contribution in [2.24, 2.45) is 0 Å². The lowest BCUT2D eigenvalue weighted by molar-refractivity contribution is -0.118. The average Bonchev–Trinajstić information content (AvgIpc) is 2.66. The Kier molecular flexibility index (Phi) is 7.48. The van der Waals surface area contributed by atoms with Gasteiger partial charge in [-0.2, -0.15) is 0 Å². The summed E-state index contributed by atoms with van der Waals surface area (Å²) in [4.78, 5) is 23.4. The number of ketones is 1. The van der Waals surface area contributed by atoms with Gasteiger partial charge in [-0.15, -0.1) is 6.58 Å². The van der Waals surface area contributed by atoms with Gasteiger partial charge in [0.1, 0.15) is 5.75 Å². The van der Waals surface area contributed by atoms with E-state index in [1.54, 1.807) is 48.5 Å². The minimum atomic E-state index is -3.43. The van der Waals surface area contributed by atoms with E-state index in [0.717, 1.165) is 0 Å². The second kappa shape index (κ2) is 9.82. The van der Waals surface area contributed by atoms with Crippen LogP contribution in [0.1, 0.15) is 22.8 Å². The first-order valence-electron chi connectivity index (χ1n) is 8.50. The largest absolute Gasteiger partial charge is 0.484 e. The quantitative estimate of drug-likeness (QED) is 0.470. The maximum atomic E-state index is 12.0. The summed E-state index contributed by atoms with van der Waals surface area (Å²) in [5, 5.41) is 2.66. The van der Waals surface area contributed by atoms with Gasteiger partial charge >= 0.3 is 0 Å². The zero-order chi connectivity index (χ0) is 20.6. The molecule has 0 bridgehead atoms. The maximum Gasteiger partial charge on any atom is 0.262 e. The van der Waals surface area contributed by atoms with Crippen molar-refractivity contribution >= 4 is 27.4 Å². The summed E-state index contributed by atoms with van der Waals surface area (Å²) in [6, 6.07) is 13.1. The van der Waals surface area contributed by atoms with Crippen LogP contribution >= 0.6 is 0 Å². The molecule has 0 aliphatic rings. The number of carbonyl (C=O) groups excluding carboxylic acids is 2. The fraction of sp³-hybridized carbons (Fsp3) is 0.200. The summed E-state index contributed by atoms with van der Waals surface area (Å²) in [6.45, 7) is 4.87. The normalized spacial score (nSPS) is 10.9. The molecule has 2 rings (SSSR count). The molecule has 0 unspecified atom stereocenters. The first-order valence-corrected chi connectivity index (χ1v) is 10.1. The van der Waals surface area contributed by atoms with E-state index in [-0.39, 0.29) is 30.6 Å². The Morgan fingerprint density at radius 1 is 1.14 bits per heavy atom. The molecule has 28 heavy (non-hydrogen) atoms. The Labute approximate surface area is 164 Å². The van der Waals surface area contributed by atoms with Crippen LogP contribution in [0.5, 0.6) is 5.75 Å². The first-order chi connectivity index (χ1) is 13.3. The van der Waals surface area contributed by atoms with Gasteiger partial charge in [0, 0.05) is 17.8 Å². The van der Waals surface area contributed by atoms with Crippen LogP contribution in [-0.4, -0.2) is 33.3 Å². The number of rotatable bonds is 10. The van der Waals surface area contributed by atoms with Crippen LogP contribution in [-0.2, 0) is 20.6 Å². The van der Waals surface area contributed by atoms with Gasteiger partial charge in [0.25, 0.3) is 5.91 Å². The molecule has 7 nitrogen and oxygen atoms in total. The highest BCUT2D eigenvalue weighted by Crippen LogP contribution is 2.15. The number of Topliss-reactive ketones (excluding diaryl/α,β-unsaturated/α-hetero) is 1. The van der Waals surface area contributed by atoms with Crippen molar-refractivity contribution in [1.82, 2.24) is 4.72 Å². The highest BCUT2D eigenvalue weighted by molar-refractivity contribution is 7.88. The van der Waals surface area contributed by atoms with Gasteiger partial charge in [0.15, 0.2) is 12.4 Å². The topological polar surface area (TPSA) is 102 Å². The van der Waals surface area contributed by atoms with Crippen molar-refractivity contribution in [3.63, 3.8) is 0 Å². The fourth-order valence-electron chi connectivity index (χ4n) is 2.29. The van der Waals surface area contributed by atoms with Crippen molar-refractivity contribution in [3.05, 3.63) is 72.3 Å². The van der Waals surface area contributed by atoms with E-state index >= 15 is 0 Å². The summed E-state index contributed by atoms with van der Waals surface area (Å²) >= 11 is 0. The van der Waals surface area contributed by atoms with E-state index in [4.69, 9.17) is 4.74 Å². The van der Waals surface area contributed by atoms with E-state index in [0.29, 0.717) is 22.6 Å². The number of amides is 1. The second-order valence-corrected chi connectivity index (χ2v) is 7.82. The molecule has 0 aliphatic heterocycles. The summed E-state index contributed by atoms with van der Waals surface area (Å²) in [5.74, 6) is -0.196. The van der Waals surface area contributed by atoms with Crippen molar-refractivity contribution < 1.29 is 22.7 Å². The van der Waals surface area contributed by atoms with E-state index < -0.39 is 10.0 Å². The number of hydrogen-bond donors (Lipinski definition) is 2. The number of anilines is 1. The first kappa shape index (κ1) is 21.3. The molecule has 8 heteroatoms. The Hall–Kier alpha value is -2.97. The third kappa shape index (κ3) is 6.98. The van der Waals surface area contributed by atoms with Gasteiger partial charge in [-0.3, -0.25) is 9.59 Å². The van der Waals surface area contributed by atoms with Crippen LogP contribution in [0.25, 0.3) is 0 Å². The van der Waals surface area contributed by atoms with E-state index in [9.17, 15) is 18.0 Å². The molecule has 1 amide bonds. The molecule has 0 heterocycles. The van der Waals surface area contributed by atoms with Crippen LogP contribution in [0.2, 0.25) is 0 Å². The third-order valence-corrected chi connectivity index (χ3v) is 4.97. The fourth-order valence-corrected chi connectivity index (χ4v) is 3.40. The van der Waals surface area contributed by atoms with E-state index in [2.05, 4.69) is 16.6 Å². The van der Waals surface area contributed by atoms with Crippen LogP contribution < -0.4 is 14.8 Å². The second-order valence-electron chi connectivity index (χ2n) is 6.01. The lowest BCUT2D eigenvalue weighted by Crippen LogP contribution is -2.25. The molecule has 148 valence electrons. The smallest absolute Gasteiger partial charge is 0.262 e. The monoisotopic (exact) mass is 402 g/mol. The molecule has 0 radical (unpaired) electrons. The minimum absolute atomic E-state index is 0.0864. The number of sulfonamides is 1. The summed E-state index contributed by atoms with van der Waals surface area (Å²) < 4.78 is 31.5. The van der Waals surface area contributed by atoms with Crippen molar-refractivity contribution in [2.45, 2.75) is 12.7 Å². The van der Waals surface area contributed by atoms with Gasteiger partial charge in [0.05, 0.1) is 5.75 Å². The van der Waals surface area contributed by atoms with E-state index in [1.807, 2.05) is 0 Å². The van der Waals surface area contributed by atoms with Crippen molar-refractivity contribution in [3.8, 4) is 5.75 Å². The Morgan fingerprint density at radius 2 is 1.86 bits per heavy atom. The molecule has 0 aromatic heterocycles. The van der Waals surface area contributed by atoms with Crippen molar-refractivity contribution in [1.29, 1.82) is 0 Å². The zero-order valence-electron chi connectivity index (χ0n) is 15.5. The van der Waals surface area contributed by atoms with Gasteiger partial charge in [-0.1, -0.05) is 30.3 Å². The molecule has 0 spiro atoms. The van der Waals surface area contributed by atoms with Crippen LogP contribution in [0.15, 0.2) is 61.2 Å². The number of ether oxygens (including phenoxy) is 1. The Bertz CT molecular complexity index is 953. The molecule has 0 saturated carbocycles. The van der Waals surface area contributed by atoms with Crippen LogP contribution in [0.4, 0.5) is 5.69 Å². The maximum absolute atomic E-state index is 12.0. The molecular formula is C20H22N2O5S. The highest BCUT2D eigenvalue weighted by Gasteiger charge is 2.11. The minimum Gasteiger partial charge on any atom is -0.484 e. The predicted molar refractivity (Wildman–Crippen MR) is 108 cm³/mol. The third-order valence-electron chi connectivity index (χ3n) is 3.65. The molecular weight excluding hydrogens is 380 g/mol. The molecule has 0 aliphatic carbocycles. The average molecular weight is 402 g/mol. The summed E-state index contributed by atoms with van der Waals surface area (Å²) in [7, 11) is -3.43. The molecule has 0 atom stereocenters. The molecule has 0 fully saturated rings. The van der Waals surface area contributed by atoms with Crippen LogP contribution in [0.3, 0.4) is 0 Å². The van der Waals surface area contributed by atoms with Gasteiger partial charge < -0.3 is 10.1 Å². The van der Waals surface area contributed by atoms with Gasteiger partial charge in [0.2, 0.25) is 10.0 Å². The highest BCUT2D eigenvalue weighted by atomic mass is 32.2. The standard InChI is InChI=1S/C20H22N2O5S/c1-3-11-21-28(25,26)14-16-7-9-18(10-8-16)22-20(24)13-27-19-6-4-5-17(12-19)15(2)23/h3-10,12,21H,1,11,13-14H2,2H3,(H,22,24). The summed E-state index contributed by atoms with van der Waals surface area (Å²) in [6.07, 6.45) is 1.47. The Balaban J connectivity index is 1.88. The molecule has 2 aromatic carbocycles. The van der Waals surface area contributed by atoms with Crippen LogP contribution in [0, 0.1) is 0 Å². The van der Waals surface area contributed by atoms with E-state index in [1.165, 1.54) is 13.0 Å². The van der Waals surface area contributed by atoms with Gasteiger partial charge in [-0.05, 0) is 36.8 Å². The molecule has 2 aromatic rings. The lowest BCUT2D eigenvalue weighted by Gasteiger charge is -2.09. The number of nitrogens with one attached hydrogen (secondary N) is 2. The zero-order valence-corrected chi connectivity index (χ0v) is 16.3. The lowest BCUT2D eigenvalue weighted by atomic mass is 10.1. The number of benzene rings is 2.